The molecule has 0 radical (unpaired) electrons. The highest BCUT2D eigenvalue weighted by atomic mass is 79.9. The number of carbonyl (C=O) groups excluding carboxylic acids is 2. The van der Waals surface area contributed by atoms with Crippen LogP contribution in [0, 0.1) is 0 Å². The Hall–Kier alpha value is -2.44. The zero-order chi connectivity index (χ0) is 20.5. The van der Waals surface area contributed by atoms with Gasteiger partial charge >= 0.3 is 5.97 Å². The molecule has 0 bridgehead atoms. The predicted molar refractivity (Wildman–Crippen MR) is 117 cm³/mol. The van der Waals surface area contributed by atoms with Crippen molar-refractivity contribution in [3.63, 3.8) is 0 Å². The smallest absolute Gasteiger partial charge is 0.342 e. The lowest BCUT2D eigenvalue weighted by Crippen LogP contribution is -2.24. The molecule has 6 heteroatoms. The summed E-state index contributed by atoms with van der Waals surface area (Å²) >= 11 is 4.64. The number of nitrogen functional groups attached to an aromatic ring is 1. The number of rotatable bonds is 4. The Morgan fingerprint density at radius 2 is 1.61 bits per heavy atom. The first kappa shape index (κ1) is 20.3. The van der Waals surface area contributed by atoms with Crippen LogP contribution in [0.1, 0.15) is 46.4 Å². The second kappa shape index (κ2) is 7.89. The number of ether oxygens (including phenoxy) is 1. The van der Waals surface area contributed by atoms with Crippen molar-refractivity contribution in [3.8, 4) is 11.1 Å². The van der Waals surface area contributed by atoms with Gasteiger partial charge in [0, 0.05) is 15.6 Å². The Morgan fingerprint density at radius 3 is 2.21 bits per heavy atom. The average molecular weight is 458 g/mol. The summed E-state index contributed by atoms with van der Waals surface area (Å²) in [6.45, 7) is 5.38. The molecule has 0 spiro atoms. The highest BCUT2D eigenvalue weighted by Crippen LogP contribution is 2.43. The molecule has 0 aliphatic carbocycles. The van der Waals surface area contributed by atoms with Gasteiger partial charge in [-0.3, -0.25) is 4.79 Å². The van der Waals surface area contributed by atoms with Gasteiger partial charge in [0.25, 0.3) is 0 Å². The molecule has 3 aromatic rings. The normalized spacial score (nSPS) is 11.3. The van der Waals surface area contributed by atoms with Crippen molar-refractivity contribution in [1.82, 2.24) is 0 Å². The van der Waals surface area contributed by atoms with Crippen LogP contribution in [-0.4, -0.2) is 17.4 Å². The zero-order valence-corrected chi connectivity index (χ0v) is 18.2. The monoisotopic (exact) mass is 457 g/mol. The minimum absolute atomic E-state index is 0.183. The molecule has 1 aromatic heterocycles. The third-order valence-corrected chi connectivity index (χ3v) is 5.63. The van der Waals surface area contributed by atoms with Crippen LogP contribution in [0.2, 0.25) is 0 Å². The fourth-order valence-corrected chi connectivity index (χ4v) is 4.30. The first-order valence-electron chi connectivity index (χ1n) is 8.69. The first-order chi connectivity index (χ1) is 13.2. The van der Waals surface area contributed by atoms with E-state index in [9.17, 15) is 9.59 Å². The number of hydrogen-bond donors (Lipinski definition) is 1. The number of nitrogens with two attached hydrogens (primary N) is 1. The van der Waals surface area contributed by atoms with Crippen molar-refractivity contribution in [2.45, 2.75) is 26.4 Å². The molecule has 0 aliphatic rings. The molecule has 0 fully saturated rings. The Kier molecular flexibility index (Phi) is 5.72. The van der Waals surface area contributed by atoms with E-state index >= 15 is 0 Å². The minimum atomic E-state index is -0.680. The topological polar surface area (TPSA) is 69.4 Å². The van der Waals surface area contributed by atoms with Crippen LogP contribution < -0.4 is 5.73 Å². The predicted octanol–water partition coefficient (Wildman–Crippen LogP) is 5.95. The van der Waals surface area contributed by atoms with Crippen LogP contribution in [0.25, 0.3) is 11.1 Å². The van der Waals surface area contributed by atoms with Crippen LogP contribution in [0.5, 0.6) is 0 Å². The number of anilines is 1. The molecule has 0 atom stereocenters. The van der Waals surface area contributed by atoms with E-state index in [4.69, 9.17) is 10.5 Å². The number of esters is 1. The summed E-state index contributed by atoms with van der Waals surface area (Å²) < 4.78 is 6.33. The van der Waals surface area contributed by atoms with E-state index in [1.54, 1.807) is 45.0 Å². The summed E-state index contributed by atoms with van der Waals surface area (Å²) in [5, 5.41) is 0.263. The van der Waals surface area contributed by atoms with Gasteiger partial charge in [-0.05, 0) is 32.4 Å². The second-order valence-corrected chi connectivity index (χ2v) is 9.13. The molecule has 0 saturated heterocycles. The first-order valence-corrected chi connectivity index (χ1v) is 10.3. The largest absolute Gasteiger partial charge is 0.456 e. The lowest BCUT2D eigenvalue weighted by atomic mass is 9.97. The molecule has 0 unspecified atom stereocenters. The van der Waals surface area contributed by atoms with Gasteiger partial charge in [0.15, 0.2) is 0 Å². The van der Waals surface area contributed by atoms with E-state index in [2.05, 4.69) is 15.9 Å². The third kappa shape index (κ3) is 4.18. The fourth-order valence-electron chi connectivity index (χ4n) is 2.78. The summed E-state index contributed by atoms with van der Waals surface area (Å²) in [5.74, 6) is -0.725. The Bertz CT molecular complexity index is 1040. The van der Waals surface area contributed by atoms with E-state index in [-0.39, 0.29) is 16.3 Å². The van der Waals surface area contributed by atoms with Gasteiger partial charge in [0.2, 0.25) is 5.78 Å². The molecule has 3 rings (SSSR count). The number of halogens is 1. The number of benzene rings is 2. The summed E-state index contributed by atoms with van der Waals surface area (Å²) in [5.41, 5.74) is 7.51. The van der Waals surface area contributed by atoms with Gasteiger partial charge < -0.3 is 10.5 Å². The van der Waals surface area contributed by atoms with Crippen molar-refractivity contribution in [3.05, 3.63) is 75.1 Å². The number of carbonyl (C=O) groups is 2. The number of thiophene rings is 1. The SMILES string of the molecule is CC(C)(C)OC(=O)c1c(N)sc(C(=O)c2ccccc2)c1-c1ccccc1Br. The quantitative estimate of drug-likeness (QED) is 0.388. The van der Waals surface area contributed by atoms with Crippen LogP contribution >= 0.6 is 27.3 Å². The summed E-state index contributed by atoms with van der Waals surface area (Å²) in [7, 11) is 0. The van der Waals surface area contributed by atoms with E-state index in [1.807, 2.05) is 30.3 Å². The van der Waals surface area contributed by atoms with Gasteiger partial charge in [-0.25, -0.2) is 4.79 Å². The van der Waals surface area contributed by atoms with E-state index in [1.165, 1.54) is 0 Å². The zero-order valence-electron chi connectivity index (χ0n) is 15.8. The van der Waals surface area contributed by atoms with Crippen molar-refractivity contribution in [2.75, 3.05) is 5.73 Å². The lowest BCUT2D eigenvalue weighted by molar-refractivity contribution is 0.00721. The highest BCUT2D eigenvalue weighted by Gasteiger charge is 2.31. The standard InChI is InChI=1S/C22H20BrNO3S/c1-22(2,3)27-21(26)17-16(14-11-7-8-12-15(14)23)19(28-20(17)24)18(25)13-9-5-4-6-10-13/h4-12H,24H2,1-3H3. The van der Waals surface area contributed by atoms with Gasteiger partial charge in [-0.2, -0.15) is 0 Å². The second-order valence-electron chi connectivity index (χ2n) is 7.22. The van der Waals surface area contributed by atoms with Crippen LogP contribution in [-0.2, 0) is 4.74 Å². The van der Waals surface area contributed by atoms with Crippen molar-refractivity contribution in [1.29, 1.82) is 0 Å². The van der Waals surface area contributed by atoms with E-state index in [0.717, 1.165) is 21.4 Å². The van der Waals surface area contributed by atoms with Gasteiger partial charge in [0.1, 0.15) is 16.2 Å². The number of ketones is 1. The van der Waals surface area contributed by atoms with E-state index in [0.29, 0.717) is 16.0 Å². The van der Waals surface area contributed by atoms with Crippen LogP contribution in [0.3, 0.4) is 0 Å². The fraction of sp³-hybridized carbons (Fsp3) is 0.182. The molecule has 0 amide bonds. The minimum Gasteiger partial charge on any atom is -0.456 e. The molecular weight excluding hydrogens is 438 g/mol. The maximum Gasteiger partial charge on any atom is 0.342 e. The molecule has 0 aliphatic heterocycles. The maximum atomic E-state index is 13.2. The molecule has 2 aromatic carbocycles. The molecule has 1 heterocycles. The molecular formula is C22H20BrNO3S. The third-order valence-electron chi connectivity index (χ3n) is 3.92. The maximum absolute atomic E-state index is 13.2. The summed E-state index contributed by atoms with van der Waals surface area (Å²) in [6.07, 6.45) is 0. The summed E-state index contributed by atoms with van der Waals surface area (Å²) in [6, 6.07) is 16.4. The lowest BCUT2D eigenvalue weighted by Gasteiger charge is -2.20. The van der Waals surface area contributed by atoms with Crippen molar-refractivity contribution >= 4 is 44.0 Å². The average Bonchev–Trinajstić information content (AvgIpc) is 2.98. The Balaban J connectivity index is 2.24. The Morgan fingerprint density at radius 1 is 1.00 bits per heavy atom. The molecule has 0 saturated carbocycles. The highest BCUT2D eigenvalue weighted by molar-refractivity contribution is 9.10. The molecule has 2 N–H and O–H groups in total. The van der Waals surface area contributed by atoms with Crippen LogP contribution in [0.4, 0.5) is 5.00 Å². The molecule has 144 valence electrons. The molecule has 4 nitrogen and oxygen atoms in total. The van der Waals surface area contributed by atoms with Gasteiger partial charge in [-0.15, -0.1) is 11.3 Å². The van der Waals surface area contributed by atoms with Crippen LogP contribution in [0.15, 0.2) is 59.1 Å². The number of hydrogen-bond acceptors (Lipinski definition) is 5. The van der Waals surface area contributed by atoms with Gasteiger partial charge in [-0.1, -0.05) is 64.5 Å². The van der Waals surface area contributed by atoms with Crippen molar-refractivity contribution < 1.29 is 14.3 Å². The van der Waals surface area contributed by atoms with Crippen molar-refractivity contribution in [2.24, 2.45) is 0 Å². The van der Waals surface area contributed by atoms with Gasteiger partial charge in [0.05, 0.1) is 4.88 Å². The Labute approximate surface area is 176 Å². The summed E-state index contributed by atoms with van der Waals surface area (Å²) in [4.78, 5) is 26.6. The van der Waals surface area contributed by atoms with E-state index < -0.39 is 11.6 Å². The molecule has 28 heavy (non-hydrogen) atoms.